The first-order chi connectivity index (χ1) is 12.1. The van der Waals surface area contributed by atoms with Crippen LogP contribution < -0.4 is 5.56 Å². The summed E-state index contributed by atoms with van der Waals surface area (Å²) in [6, 6.07) is 14.6. The van der Waals surface area contributed by atoms with Crippen molar-refractivity contribution in [1.82, 2.24) is 19.3 Å². The Morgan fingerprint density at radius 3 is 2.68 bits per heavy atom. The van der Waals surface area contributed by atoms with Gasteiger partial charge in [-0.1, -0.05) is 47.5 Å². The van der Waals surface area contributed by atoms with Crippen LogP contribution in [0.25, 0.3) is 16.7 Å². The molecule has 2 aromatic heterocycles. The molecule has 2 aromatic carbocycles. The second-order valence-electron chi connectivity index (χ2n) is 5.54. The lowest BCUT2D eigenvalue weighted by molar-refractivity contribution is 0.745. The first-order valence-corrected chi connectivity index (χ1v) is 8.31. The Balaban J connectivity index is 1.80. The number of fused-ring (bicyclic) bond motifs is 1. The highest BCUT2D eigenvalue weighted by atomic mass is 35.5. The van der Waals surface area contributed by atoms with Crippen LogP contribution in [0.1, 0.15) is 5.56 Å². The monoisotopic (exact) mass is 370 g/mol. The van der Waals surface area contributed by atoms with E-state index in [-0.39, 0.29) is 5.56 Å². The molecule has 0 fully saturated rings. The van der Waals surface area contributed by atoms with Gasteiger partial charge in [0.1, 0.15) is 11.7 Å². The molecule has 0 atom stereocenters. The zero-order valence-electron chi connectivity index (χ0n) is 12.9. The topological polar surface area (TPSA) is 52.7 Å². The molecule has 124 valence electrons. The fraction of sp³-hybridized carbons (Fsp3) is 0.0556. The van der Waals surface area contributed by atoms with Gasteiger partial charge in [0.2, 0.25) is 0 Å². The molecule has 0 aliphatic heterocycles. The minimum Gasteiger partial charge on any atom is -0.294 e. The summed E-state index contributed by atoms with van der Waals surface area (Å²) in [4.78, 5) is 17.2. The molecule has 0 unspecified atom stereocenters. The van der Waals surface area contributed by atoms with Gasteiger partial charge in [-0.05, 0) is 29.8 Å². The van der Waals surface area contributed by atoms with Gasteiger partial charge in [0, 0.05) is 10.0 Å². The van der Waals surface area contributed by atoms with Crippen molar-refractivity contribution in [3.8, 4) is 5.69 Å². The van der Waals surface area contributed by atoms with E-state index in [0.717, 1.165) is 11.3 Å². The Labute approximate surface area is 153 Å². The summed E-state index contributed by atoms with van der Waals surface area (Å²) in [6.07, 6.45) is 3.03. The summed E-state index contributed by atoms with van der Waals surface area (Å²) >= 11 is 12.2. The second kappa shape index (κ2) is 6.35. The second-order valence-corrected chi connectivity index (χ2v) is 6.39. The standard InChI is InChI=1S/C18H12Cl2N4O/c19-13-5-3-6-14(8-13)24-17-15(9-22-24)18(25)23(11-21-17)10-12-4-1-2-7-16(12)20/h1-9,11H,10H2. The molecule has 0 radical (unpaired) electrons. The quantitative estimate of drug-likeness (QED) is 0.548. The largest absolute Gasteiger partial charge is 0.294 e. The molecule has 2 heterocycles. The molecule has 25 heavy (non-hydrogen) atoms. The summed E-state index contributed by atoms with van der Waals surface area (Å²) in [5, 5.41) is 5.93. The van der Waals surface area contributed by atoms with Gasteiger partial charge in [0.05, 0.1) is 18.4 Å². The molecule has 0 bridgehead atoms. The van der Waals surface area contributed by atoms with Gasteiger partial charge in [0.15, 0.2) is 5.65 Å². The molecule has 0 N–H and O–H groups in total. The fourth-order valence-electron chi connectivity index (χ4n) is 2.67. The van der Waals surface area contributed by atoms with E-state index < -0.39 is 0 Å². The van der Waals surface area contributed by atoms with Gasteiger partial charge in [-0.2, -0.15) is 5.10 Å². The van der Waals surface area contributed by atoms with Crippen LogP contribution in [-0.4, -0.2) is 19.3 Å². The van der Waals surface area contributed by atoms with Gasteiger partial charge >= 0.3 is 0 Å². The highest BCUT2D eigenvalue weighted by molar-refractivity contribution is 6.31. The van der Waals surface area contributed by atoms with Crippen LogP contribution in [0.4, 0.5) is 0 Å². The molecule has 0 spiro atoms. The third-order valence-electron chi connectivity index (χ3n) is 3.91. The molecule has 5 nitrogen and oxygen atoms in total. The maximum atomic E-state index is 12.8. The number of hydrogen-bond donors (Lipinski definition) is 0. The Kier molecular flexibility index (Phi) is 4.03. The van der Waals surface area contributed by atoms with E-state index in [1.165, 1.54) is 17.1 Å². The smallest absolute Gasteiger partial charge is 0.264 e. The first kappa shape index (κ1) is 15.9. The summed E-state index contributed by atoms with van der Waals surface area (Å²) in [5.41, 5.74) is 1.92. The fourth-order valence-corrected chi connectivity index (χ4v) is 3.05. The lowest BCUT2D eigenvalue weighted by Crippen LogP contribution is -2.21. The highest BCUT2D eigenvalue weighted by Gasteiger charge is 2.12. The average molecular weight is 371 g/mol. The zero-order valence-corrected chi connectivity index (χ0v) is 14.4. The molecule has 4 aromatic rings. The molecule has 0 saturated carbocycles. The SMILES string of the molecule is O=c1c2cnn(-c3cccc(Cl)c3)c2ncn1Cc1ccccc1Cl. The van der Waals surface area contributed by atoms with Crippen molar-refractivity contribution in [2.24, 2.45) is 0 Å². The van der Waals surface area contributed by atoms with E-state index >= 15 is 0 Å². The van der Waals surface area contributed by atoms with Crippen molar-refractivity contribution in [1.29, 1.82) is 0 Å². The van der Waals surface area contributed by atoms with Gasteiger partial charge in [0.25, 0.3) is 5.56 Å². The predicted molar refractivity (Wildman–Crippen MR) is 98.7 cm³/mol. The minimum atomic E-state index is -0.168. The van der Waals surface area contributed by atoms with Crippen LogP contribution in [0, 0.1) is 0 Å². The van der Waals surface area contributed by atoms with Gasteiger partial charge in [-0.15, -0.1) is 0 Å². The van der Waals surface area contributed by atoms with Crippen molar-refractivity contribution in [2.45, 2.75) is 6.54 Å². The van der Waals surface area contributed by atoms with Crippen LogP contribution in [0.2, 0.25) is 10.0 Å². The van der Waals surface area contributed by atoms with Crippen LogP contribution in [0.15, 0.2) is 65.8 Å². The first-order valence-electron chi connectivity index (χ1n) is 7.56. The zero-order chi connectivity index (χ0) is 17.4. The highest BCUT2D eigenvalue weighted by Crippen LogP contribution is 2.19. The van der Waals surface area contributed by atoms with Crippen LogP contribution in [-0.2, 0) is 6.54 Å². The van der Waals surface area contributed by atoms with Crippen LogP contribution >= 0.6 is 23.2 Å². The van der Waals surface area contributed by atoms with E-state index in [4.69, 9.17) is 23.2 Å². The van der Waals surface area contributed by atoms with E-state index in [9.17, 15) is 4.79 Å². The molecule has 7 heteroatoms. The van der Waals surface area contributed by atoms with Crippen molar-refractivity contribution in [2.75, 3.05) is 0 Å². The van der Waals surface area contributed by atoms with E-state index in [1.807, 2.05) is 30.3 Å². The molecule has 0 aliphatic carbocycles. The Hall–Kier alpha value is -2.63. The Morgan fingerprint density at radius 1 is 1.04 bits per heavy atom. The normalized spacial score (nSPS) is 11.1. The van der Waals surface area contributed by atoms with Crippen molar-refractivity contribution in [3.63, 3.8) is 0 Å². The number of halogens is 2. The predicted octanol–water partition coefficient (Wildman–Crippen LogP) is 3.94. The number of rotatable bonds is 3. The maximum absolute atomic E-state index is 12.8. The van der Waals surface area contributed by atoms with Crippen LogP contribution in [0.3, 0.4) is 0 Å². The molecule has 4 rings (SSSR count). The van der Waals surface area contributed by atoms with E-state index in [1.54, 1.807) is 22.9 Å². The lowest BCUT2D eigenvalue weighted by Gasteiger charge is -2.08. The number of benzene rings is 2. The van der Waals surface area contributed by atoms with Crippen molar-refractivity contribution in [3.05, 3.63) is 87.0 Å². The van der Waals surface area contributed by atoms with E-state index in [2.05, 4.69) is 10.1 Å². The van der Waals surface area contributed by atoms with E-state index in [0.29, 0.717) is 27.6 Å². The number of hydrogen-bond acceptors (Lipinski definition) is 3. The van der Waals surface area contributed by atoms with Crippen molar-refractivity contribution < 1.29 is 0 Å². The molecular formula is C18H12Cl2N4O. The molecule has 0 amide bonds. The minimum absolute atomic E-state index is 0.168. The van der Waals surface area contributed by atoms with Gasteiger partial charge < -0.3 is 0 Å². The average Bonchev–Trinajstić information content (AvgIpc) is 3.04. The summed E-state index contributed by atoms with van der Waals surface area (Å²) in [7, 11) is 0. The van der Waals surface area contributed by atoms with Crippen molar-refractivity contribution >= 4 is 34.2 Å². The van der Waals surface area contributed by atoms with Gasteiger partial charge in [-0.3, -0.25) is 9.36 Å². The number of aromatic nitrogens is 4. The summed E-state index contributed by atoms with van der Waals surface area (Å²) < 4.78 is 3.12. The summed E-state index contributed by atoms with van der Waals surface area (Å²) in [6.45, 7) is 0.351. The molecular weight excluding hydrogens is 359 g/mol. The summed E-state index contributed by atoms with van der Waals surface area (Å²) in [5.74, 6) is 0. The Bertz CT molecular complexity index is 1130. The lowest BCUT2D eigenvalue weighted by atomic mass is 10.2. The molecule has 0 saturated heterocycles. The van der Waals surface area contributed by atoms with Crippen LogP contribution in [0.5, 0.6) is 0 Å². The maximum Gasteiger partial charge on any atom is 0.264 e. The third-order valence-corrected chi connectivity index (χ3v) is 4.51. The van der Waals surface area contributed by atoms with Gasteiger partial charge in [-0.25, -0.2) is 9.67 Å². The number of nitrogens with zero attached hydrogens (tertiary/aromatic N) is 4. The molecule has 0 aliphatic rings. The Morgan fingerprint density at radius 2 is 1.88 bits per heavy atom. The third kappa shape index (κ3) is 2.92.